The van der Waals surface area contributed by atoms with E-state index < -0.39 is 9.84 Å². The van der Waals surface area contributed by atoms with E-state index in [0.29, 0.717) is 12.6 Å². The lowest BCUT2D eigenvalue weighted by atomic mass is 9.86. The molecule has 0 aromatic carbocycles. The van der Waals surface area contributed by atoms with Gasteiger partial charge in [-0.05, 0) is 39.5 Å². The summed E-state index contributed by atoms with van der Waals surface area (Å²) >= 11 is 0. The summed E-state index contributed by atoms with van der Waals surface area (Å²) < 4.78 is 29.4. The molecule has 0 aromatic heterocycles. The molecular weight excluding hydrogens is 262 g/mol. The third-order valence-electron chi connectivity index (χ3n) is 4.32. The molecule has 1 aliphatic rings. The van der Waals surface area contributed by atoms with Crippen LogP contribution in [0.15, 0.2) is 0 Å². The van der Waals surface area contributed by atoms with Crippen molar-refractivity contribution in [3.8, 4) is 0 Å². The van der Waals surface area contributed by atoms with Gasteiger partial charge in [-0.15, -0.1) is 0 Å². The van der Waals surface area contributed by atoms with E-state index in [1.54, 1.807) is 13.8 Å². The molecule has 114 valence electrons. The van der Waals surface area contributed by atoms with Gasteiger partial charge in [-0.1, -0.05) is 13.8 Å². The fourth-order valence-electron chi connectivity index (χ4n) is 2.59. The maximum Gasteiger partial charge on any atom is 0.153 e. The molecule has 0 spiro atoms. The minimum atomic E-state index is -2.93. The largest absolute Gasteiger partial charge is 0.375 e. The van der Waals surface area contributed by atoms with Gasteiger partial charge >= 0.3 is 0 Å². The molecule has 19 heavy (non-hydrogen) atoms. The van der Waals surface area contributed by atoms with E-state index >= 15 is 0 Å². The predicted octanol–water partition coefficient (Wildman–Crippen LogP) is 2.14. The van der Waals surface area contributed by atoms with E-state index in [-0.39, 0.29) is 16.6 Å². The molecule has 1 saturated heterocycles. The summed E-state index contributed by atoms with van der Waals surface area (Å²) in [4.78, 5) is 0. The highest BCUT2D eigenvalue weighted by Crippen LogP contribution is 2.31. The summed E-state index contributed by atoms with van der Waals surface area (Å²) in [5, 5.41) is 3.11. The number of hydrogen-bond donors (Lipinski definition) is 1. The molecule has 0 aliphatic carbocycles. The molecular formula is C14H29NO3S. The van der Waals surface area contributed by atoms with Gasteiger partial charge < -0.3 is 10.1 Å². The van der Waals surface area contributed by atoms with Crippen LogP contribution in [-0.2, 0) is 14.6 Å². The van der Waals surface area contributed by atoms with Gasteiger partial charge in [-0.2, -0.15) is 0 Å². The van der Waals surface area contributed by atoms with Crippen molar-refractivity contribution < 1.29 is 13.2 Å². The maximum atomic E-state index is 11.7. The summed E-state index contributed by atoms with van der Waals surface area (Å²) in [6, 6.07) is 0.385. The first-order chi connectivity index (χ1) is 8.85. The second-order valence-corrected chi connectivity index (χ2v) is 8.47. The first-order valence-corrected chi connectivity index (χ1v) is 9.15. The molecule has 1 aliphatic heterocycles. The Bertz CT molecular complexity index is 361. The highest BCUT2D eigenvalue weighted by atomic mass is 32.2. The van der Waals surface area contributed by atoms with Gasteiger partial charge in [0, 0.05) is 19.2 Å². The summed E-state index contributed by atoms with van der Waals surface area (Å²) in [7, 11) is -2.93. The quantitative estimate of drug-likeness (QED) is 0.781. The van der Waals surface area contributed by atoms with Crippen molar-refractivity contribution in [2.75, 3.05) is 18.9 Å². The molecule has 4 nitrogen and oxygen atoms in total. The van der Waals surface area contributed by atoms with Crippen molar-refractivity contribution >= 4 is 9.84 Å². The zero-order valence-electron chi connectivity index (χ0n) is 12.7. The van der Waals surface area contributed by atoms with Gasteiger partial charge in [-0.3, -0.25) is 0 Å². The average molecular weight is 291 g/mol. The number of sulfone groups is 1. The highest BCUT2D eigenvalue weighted by molar-refractivity contribution is 7.92. The Morgan fingerprint density at radius 2 is 1.95 bits per heavy atom. The molecule has 1 rings (SSSR count). The minimum absolute atomic E-state index is 0.00710. The molecule has 0 bridgehead atoms. The van der Waals surface area contributed by atoms with E-state index in [1.807, 2.05) is 0 Å². The Balaban J connectivity index is 2.42. The van der Waals surface area contributed by atoms with Gasteiger partial charge in [0.2, 0.25) is 0 Å². The third kappa shape index (κ3) is 4.72. The minimum Gasteiger partial charge on any atom is -0.375 e. The maximum absolute atomic E-state index is 11.7. The van der Waals surface area contributed by atoms with Crippen LogP contribution in [0.2, 0.25) is 0 Å². The Labute approximate surface area is 118 Å². The van der Waals surface area contributed by atoms with Crippen LogP contribution in [-0.4, -0.2) is 44.2 Å². The first-order valence-electron chi connectivity index (χ1n) is 7.44. The van der Waals surface area contributed by atoms with E-state index in [9.17, 15) is 8.42 Å². The summed E-state index contributed by atoms with van der Waals surface area (Å²) in [6.07, 6.45) is 4.00. The zero-order chi connectivity index (χ0) is 14.5. The van der Waals surface area contributed by atoms with Crippen LogP contribution in [0.3, 0.4) is 0 Å². The lowest BCUT2D eigenvalue weighted by molar-refractivity contribution is -0.0927. The molecule has 1 N–H and O–H groups in total. The van der Waals surface area contributed by atoms with Gasteiger partial charge in [0.25, 0.3) is 0 Å². The normalized spacial score (nSPS) is 23.7. The van der Waals surface area contributed by atoms with Crippen molar-refractivity contribution in [3.05, 3.63) is 0 Å². The number of nitrogens with one attached hydrogen (secondary N) is 1. The van der Waals surface area contributed by atoms with Crippen LogP contribution >= 0.6 is 0 Å². The standard InChI is InChI=1S/C14H29NO3S/c1-5-14(6-2)11-13(7-9-18-14)15-8-10-19(16,17)12(3)4/h12-13,15H,5-11H2,1-4H3. The van der Waals surface area contributed by atoms with Gasteiger partial charge in [0.15, 0.2) is 9.84 Å². The van der Waals surface area contributed by atoms with E-state index in [1.165, 1.54) is 0 Å². The van der Waals surface area contributed by atoms with E-state index in [2.05, 4.69) is 19.2 Å². The zero-order valence-corrected chi connectivity index (χ0v) is 13.6. The van der Waals surface area contributed by atoms with Crippen molar-refractivity contribution in [1.82, 2.24) is 5.32 Å². The molecule has 0 saturated carbocycles. The van der Waals surface area contributed by atoms with Crippen LogP contribution in [0, 0.1) is 0 Å². The fourth-order valence-corrected chi connectivity index (χ4v) is 3.46. The Kier molecular flexibility index (Phi) is 6.27. The van der Waals surface area contributed by atoms with Crippen LogP contribution in [0.1, 0.15) is 53.4 Å². The fraction of sp³-hybridized carbons (Fsp3) is 1.00. The SMILES string of the molecule is CCC1(CC)CC(NCCS(=O)(=O)C(C)C)CCO1. The van der Waals surface area contributed by atoms with E-state index in [4.69, 9.17) is 4.74 Å². The van der Waals surface area contributed by atoms with Crippen molar-refractivity contribution in [1.29, 1.82) is 0 Å². The lowest BCUT2D eigenvalue weighted by Gasteiger charge is -2.40. The Morgan fingerprint density at radius 3 is 2.47 bits per heavy atom. The molecule has 1 heterocycles. The van der Waals surface area contributed by atoms with Crippen molar-refractivity contribution in [3.63, 3.8) is 0 Å². The van der Waals surface area contributed by atoms with Crippen LogP contribution in [0.4, 0.5) is 0 Å². The second-order valence-electron chi connectivity index (χ2n) is 5.80. The highest BCUT2D eigenvalue weighted by Gasteiger charge is 2.34. The molecule has 1 fully saturated rings. The molecule has 1 unspecified atom stereocenters. The van der Waals surface area contributed by atoms with E-state index in [0.717, 1.165) is 32.3 Å². The summed E-state index contributed by atoms with van der Waals surface area (Å²) in [5.41, 5.74) is -0.00710. The number of ether oxygens (including phenoxy) is 1. The van der Waals surface area contributed by atoms with Crippen LogP contribution in [0.25, 0.3) is 0 Å². The molecule has 1 atom stereocenters. The van der Waals surface area contributed by atoms with Gasteiger partial charge in [0.1, 0.15) is 0 Å². The Hall–Kier alpha value is -0.130. The third-order valence-corrected chi connectivity index (χ3v) is 6.53. The smallest absolute Gasteiger partial charge is 0.153 e. The molecule has 0 amide bonds. The molecule has 0 radical (unpaired) electrons. The summed E-state index contributed by atoms with van der Waals surface area (Å²) in [5.74, 6) is 0.229. The second kappa shape index (κ2) is 7.04. The average Bonchev–Trinajstić information content (AvgIpc) is 2.38. The van der Waals surface area contributed by atoms with Crippen molar-refractivity contribution in [2.24, 2.45) is 0 Å². The molecule has 0 aromatic rings. The van der Waals surface area contributed by atoms with Gasteiger partial charge in [0.05, 0.1) is 16.6 Å². The summed E-state index contributed by atoms with van der Waals surface area (Å²) in [6.45, 7) is 9.13. The van der Waals surface area contributed by atoms with Crippen LogP contribution in [0.5, 0.6) is 0 Å². The van der Waals surface area contributed by atoms with Crippen molar-refractivity contribution in [2.45, 2.75) is 70.3 Å². The number of hydrogen-bond acceptors (Lipinski definition) is 4. The lowest BCUT2D eigenvalue weighted by Crippen LogP contribution is -2.47. The first kappa shape index (κ1) is 16.9. The van der Waals surface area contributed by atoms with Gasteiger partial charge in [-0.25, -0.2) is 8.42 Å². The Morgan fingerprint density at radius 1 is 1.32 bits per heavy atom. The molecule has 5 heteroatoms. The number of rotatable bonds is 7. The van der Waals surface area contributed by atoms with Crippen LogP contribution < -0.4 is 5.32 Å². The topological polar surface area (TPSA) is 55.4 Å². The predicted molar refractivity (Wildman–Crippen MR) is 79.2 cm³/mol. The monoisotopic (exact) mass is 291 g/mol.